The first-order valence-electron chi connectivity index (χ1n) is 7.32. The molecule has 2 fully saturated rings. The van der Waals surface area contributed by atoms with Crippen molar-refractivity contribution in [3.8, 4) is 0 Å². The van der Waals surface area contributed by atoms with Crippen LogP contribution in [0, 0.1) is 5.92 Å². The van der Waals surface area contributed by atoms with E-state index in [-0.39, 0.29) is 0 Å². The molecule has 94 valence electrons. The van der Waals surface area contributed by atoms with Crippen LogP contribution in [0.4, 0.5) is 0 Å². The molecule has 0 aromatic carbocycles. The predicted molar refractivity (Wildman–Crippen MR) is 69.7 cm³/mol. The van der Waals surface area contributed by atoms with Gasteiger partial charge in [0.25, 0.3) is 0 Å². The molecule has 0 aromatic rings. The van der Waals surface area contributed by atoms with Crippen molar-refractivity contribution in [1.82, 2.24) is 10.2 Å². The van der Waals surface area contributed by atoms with Crippen molar-refractivity contribution >= 4 is 0 Å². The van der Waals surface area contributed by atoms with Crippen LogP contribution in [0.2, 0.25) is 0 Å². The molecular formula is C14H28N2. The second kappa shape index (κ2) is 6.02. The van der Waals surface area contributed by atoms with Gasteiger partial charge in [-0.3, -0.25) is 4.90 Å². The van der Waals surface area contributed by atoms with Gasteiger partial charge in [0.05, 0.1) is 0 Å². The highest BCUT2D eigenvalue weighted by Crippen LogP contribution is 2.28. The molecule has 2 atom stereocenters. The maximum atomic E-state index is 3.79. The third kappa shape index (κ3) is 3.21. The highest BCUT2D eigenvalue weighted by molar-refractivity contribution is 4.86. The van der Waals surface area contributed by atoms with E-state index in [9.17, 15) is 0 Å². The SMILES string of the molecule is CCC1CCCC1NCCN(CC)C1CC1. The van der Waals surface area contributed by atoms with Gasteiger partial charge in [0, 0.05) is 25.2 Å². The molecule has 2 rings (SSSR count). The Labute approximate surface area is 101 Å². The highest BCUT2D eigenvalue weighted by atomic mass is 15.2. The first-order chi connectivity index (χ1) is 7.85. The molecule has 0 heterocycles. The largest absolute Gasteiger partial charge is 0.312 e. The lowest BCUT2D eigenvalue weighted by atomic mass is 10.0. The van der Waals surface area contributed by atoms with E-state index in [1.165, 1.54) is 58.2 Å². The van der Waals surface area contributed by atoms with Crippen LogP contribution in [0.5, 0.6) is 0 Å². The maximum Gasteiger partial charge on any atom is 0.0110 e. The zero-order valence-corrected chi connectivity index (χ0v) is 11.0. The maximum absolute atomic E-state index is 3.79. The van der Waals surface area contributed by atoms with Gasteiger partial charge in [-0.05, 0) is 38.1 Å². The van der Waals surface area contributed by atoms with Gasteiger partial charge in [-0.15, -0.1) is 0 Å². The summed E-state index contributed by atoms with van der Waals surface area (Å²) in [5.74, 6) is 0.955. The molecule has 0 aliphatic heterocycles. The van der Waals surface area contributed by atoms with Gasteiger partial charge in [-0.1, -0.05) is 26.7 Å². The lowest BCUT2D eigenvalue weighted by Crippen LogP contribution is -2.39. The summed E-state index contributed by atoms with van der Waals surface area (Å²) < 4.78 is 0. The van der Waals surface area contributed by atoms with E-state index in [1.807, 2.05) is 0 Å². The van der Waals surface area contributed by atoms with Crippen LogP contribution < -0.4 is 5.32 Å². The van der Waals surface area contributed by atoms with Crippen LogP contribution in [-0.2, 0) is 0 Å². The second-order valence-corrected chi connectivity index (χ2v) is 5.52. The Balaban J connectivity index is 1.62. The topological polar surface area (TPSA) is 15.3 Å². The van der Waals surface area contributed by atoms with Gasteiger partial charge in [-0.2, -0.15) is 0 Å². The molecule has 0 radical (unpaired) electrons. The minimum Gasteiger partial charge on any atom is -0.312 e. The Morgan fingerprint density at radius 3 is 2.56 bits per heavy atom. The van der Waals surface area contributed by atoms with E-state index in [4.69, 9.17) is 0 Å². The Morgan fingerprint density at radius 1 is 1.12 bits per heavy atom. The summed E-state index contributed by atoms with van der Waals surface area (Å²) in [5, 5.41) is 3.79. The lowest BCUT2D eigenvalue weighted by Gasteiger charge is -2.24. The molecule has 1 N–H and O–H groups in total. The highest BCUT2D eigenvalue weighted by Gasteiger charge is 2.28. The van der Waals surface area contributed by atoms with Gasteiger partial charge < -0.3 is 5.32 Å². The summed E-state index contributed by atoms with van der Waals surface area (Å²) in [5.41, 5.74) is 0. The van der Waals surface area contributed by atoms with Crippen LogP contribution >= 0.6 is 0 Å². The van der Waals surface area contributed by atoms with Crippen LogP contribution in [0.1, 0.15) is 52.4 Å². The molecule has 2 aliphatic rings. The van der Waals surface area contributed by atoms with Crippen molar-refractivity contribution in [3.63, 3.8) is 0 Å². The molecule has 0 amide bonds. The molecule has 2 aliphatic carbocycles. The zero-order chi connectivity index (χ0) is 11.4. The Hall–Kier alpha value is -0.0800. The fraction of sp³-hybridized carbons (Fsp3) is 1.00. The summed E-state index contributed by atoms with van der Waals surface area (Å²) in [6.45, 7) is 8.32. The molecule has 2 nitrogen and oxygen atoms in total. The molecule has 2 saturated carbocycles. The predicted octanol–water partition coefficient (Wildman–Crippen LogP) is 2.64. The normalized spacial score (nSPS) is 30.2. The smallest absolute Gasteiger partial charge is 0.0110 e. The van der Waals surface area contributed by atoms with Gasteiger partial charge >= 0.3 is 0 Å². The molecule has 0 saturated heterocycles. The third-order valence-electron chi connectivity index (χ3n) is 4.46. The van der Waals surface area contributed by atoms with E-state index in [1.54, 1.807) is 0 Å². The van der Waals surface area contributed by atoms with E-state index in [2.05, 4.69) is 24.1 Å². The van der Waals surface area contributed by atoms with Crippen molar-refractivity contribution in [1.29, 1.82) is 0 Å². The first-order valence-corrected chi connectivity index (χ1v) is 7.32. The van der Waals surface area contributed by atoms with Gasteiger partial charge in [0.1, 0.15) is 0 Å². The Bertz CT molecular complexity index is 201. The van der Waals surface area contributed by atoms with Gasteiger partial charge in [-0.25, -0.2) is 0 Å². The van der Waals surface area contributed by atoms with Crippen molar-refractivity contribution in [2.45, 2.75) is 64.5 Å². The summed E-state index contributed by atoms with van der Waals surface area (Å²) in [6, 6.07) is 1.75. The fourth-order valence-corrected chi connectivity index (χ4v) is 3.23. The average Bonchev–Trinajstić information content (AvgIpc) is 3.04. The number of rotatable bonds is 7. The van der Waals surface area contributed by atoms with E-state index < -0.39 is 0 Å². The Kier molecular flexibility index (Phi) is 4.66. The molecule has 16 heavy (non-hydrogen) atoms. The molecule has 2 heteroatoms. The minimum atomic E-state index is 0.822. The molecular weight excluding hydrogens is 196 g/mol. The van der Waals surface area contributed by atoms with Crippen LogP contribution in [0.25, 0.3) is 0 Å². The zero-order valence-electron chi connectivity index (χ0n) is 11.0. The number of nitrogens with one attached hydrogen (secondary N) is 1. The molecule has 2 unspecified atom stereocenters. The number of nitrogens with zero attached hydrogens (tertiary/aromatic N) is 1. The van der Waals surface area contributed by atoms with Crippen LogP contribution in [-0.4, -0.2) is 36.6 Å². The summed E-state index contributed by atoms with van der Waals surface area (Å²) in [7, 11) is 0. The number of likely N-dealkylation sites (N-methyl/N-ethyl adjacent to an activating group) is 1. The van der Waals surface area contributed by atoms with Crippen molar-refractivity contribution in [2.24, 2.45) is 5.92 Å². The number of hydrogen-bond acceptors (Lipinski definition) is 2. The molecule has 0 bridgehead atoms. The second-order valence-electron chi connectivity index (χ2n) is 5.52. The standard InChI is InChI=1S/C14H28N2/c1-3-12-6-5-7-14(12)15-10-11-16(4-2)13-8-9-13/h12-15H,3-11H2,1-2H3. The van der Waals surface area contributed by atoms with Gasteiger partial charge in [0.15, 0.2) is 0 Å². The fourth-order valence-electron chi connectivity index (χ4n) is 3.23. The quantitative estimate of drug-likeness (QED) is 0.715. The van der Waals surface area contributed by atoms with E-state index in [0.717, 1.165) is 18.0 Å². The summed E-state index contributed by atoms with van der Waals surface area (Å²) >= 11 is 0. The third-order valence-corrected chi connectivity index (χ3v) is 4.46. The molecule has 0 aromatic heterocycles. The first kappa shape index (κ1) is 12.4. The van der Waals surface area contributed by atoms with E-state index >= 15 is 0 Å². The van der Waals surface area contributed by atoms with Crippen LogP contribution in [0.15, 0.2) is 0 Å². The Morgan fingerprint density at radius 2 is 1.94 bits per heavy atom. The minimum absolute atomic E-state index is 0.822. The summed E-state index contributed by atoms with van der Waals surface area (Å²) in [6.07, 6.45) is 8.54. The van der Waals surface area contributed by atoms with Crippen molar-refractivity contribution in [3.05, 3.63) is 0 Å². The lowest BCUT2D eigenvalue weighted by molar-refractivity contribution is 0.265. The molecule has 0 spiro atoms. The van der Waals surface area contributed by atoms with Crippen LogP contribution in [0.3, 0.4) is 0 Å². The van der Waals surface area contributed by atoms with Gasteiger partial charge in [0.2, 0.25) is 0 Å². The van der Waals surface area contributed by atoms with Crippen molar-refractivity contribution < 1.29 is 0 Å². The van der Waals surface area contributed by atoms with Crippen molar-refractivity contribution in [2.75, 3.05) is 19.6 Å². The number of hydrogen-bond donors (Lipinski definition) is 1. The average molecular weight is 224 g/mol. The van der Waals surface area contributed by atoms with E-state index in [0.29, 0.717) is 0 Å². The monoisotopic (exact) mass is 224 g/mol. The summed E-state index contributed by atoms with van der Waals surface area (Å²) in [4.78, 5) is 2.64.